The zero-order chi connectivity index (χ0) is 16.0. The number of amides is 1. The van der Waals surface area contributed by atoms with Crippen molar-refractivity contribution in [2.75, 3.05) is 13.1 Å². The van der Waals surface area contributed by atoms with E-state index in [0.29, 0.717) is 13.1 Å². The van der Waals surface area contributed by atoms with Gasteiger partial charge in [-0.1, -0.05) is 54.6 Å². The van der Waals surface area contributed by atoms with Gasteiger partial charge in [0.1, 0.15) is 11.5 Å². The van der Waals surface area contributed by atoms with Crippen LogP contribution < -0.4 is 0 Å². The minimum absolute atomic E-state index is 0.123. The summed E-state index contributed by atoms with van der Waals surface area (Å²) in [5.74, 6) is -2.45. The predicted molar refractivity (Wildman–Crippen MR) is 83.4 cm³/mol. The monoisotopic (exact) mass is 311 g/mol. The van der Waals surface area contributed by atoms with Gasteiger partial charge in [-0.3, -0.25) is 9.59 Å². The highest BCUT2D eigenvalue weighted by Gasteiger charge is 2.66. The molecule has 1 aromatic rings. The van der Waals surface area contributed by atoms with Crippen molar-refractivity contribution >= 4 is 18.0 Å². The van der Waals surface area contributed by atoms with Crippen LogP contribution in [0.2, 0.25) is 0 Å². The van der Waals surface area contributed by atoms with E-state index in [2.05, 4.69) is 0 Å². The third-order valence-corrected chi connectivity index (χ3v) is 4.90. The van der Waals surface area contributed by atoms with Crippen LogP contribution in [0.15, 0.2) is 48.6 Å². The molecule has 1 aromatic carbocycles. The molecule has 23 heavy (non-hydrogen) atoms. The van der Waals surface area contributed by atoms with Gasteiger partial charge in [-0.25, -0.2) is 0 Å². The van der Waals surface area contributed by atoms with E-state index in [1.54, 1.807) is 11.0 Å². The van der Waals surface area contributed by atoms with Crippen LogP contribution in [-0.4, -0.2) is 46.7 Å². The van der Waals surface area contributed by atoms with Gasteiger partial charge in [0, 0.05) is 6.54 Å². The number of fused-ring (bicyclic) bond motifs is 1. The summed E-state index contributed by atoms with van der Waals surface area (Å²) >= 11 is 0. The fraction of sp³-hybridized carbons (Fsp3) is 0.333. The minimum atomic E-state index is -0.957. The Bertz CT molecular complexity index is 711. The van der Waals surface area contributed by atoms with Gasteiger partial charge in [0.25, 0.3) is 0 Å². The van der Waals surface area contributed by atoms with Crippen molar-refractivity contribution < 1.29 is 19.4 Å². The van der Waals surface area contributed by atoms with Crippen molar-refractivity contribution in [3.63, 3.8) is 0 Å². The zero-order valence-electron chi connectivity index (χ0n) is 12.5. The molecule has 5 nitrogen and oxygen atoms in total. The second kappa shape index (κ2) is 5.06. The third kappa shape index (κ3) is 2.11. The summed E-state index contributed by atoms with van der Waals surface area (Å²) in [6.45, 7) is 0.882. The number of carbonyl (C=O) groups is 2. The van der Waals surface area contributed by atoms with Crippen LogP contribution in [0.4, 0.5) is 0 Å². The topological polar surface area (TPSA) is 66.8 Å². The number of hydrogen-bond acceptors (Lipinski definition) is 3. The number of aliphatic carboxylic acids is 1. The maximum atomic E-state index is 12.6. The lowest BCUT2D eigenvalue weighted by Gasteiger charge is -2.21. The Kier molecular flexibility index (Phi) is 3.13. The minimum Gasteiger partial charge on any atom is -0.481 e. The van der Waals surface area contributed by atoms with Gasteiger partial charge >= 0.3 is 5.97 Å². The van der Waals surface area contributed by atoms with Crippen molar-refractivity contribution in [3.8, 4) is 0 Å². The zero-order valence-corrected chi connectivity index (χ0v) is 12.5. The van der Waals surface area contributed by atoms with E-state index in [9.17, 15) is 14.7 Å². The summed E-state index contributed by atoms with van der Waals surface area (Å²) in [5, 5.41) is 9.41. The molecule has 1 spiro atoms. The van der Waals surface area contributed by atoms with Crippen LogP contribution in [0, 0.1) is 11.8 Å². The lowest BCUT2D eigenvalue weighted by Crippen LogP contribution is -2.39. The van der Waals surface area contributed by atoms with E-state index in [1.165, 1.54) is 0 Å². The molecule has 0 saturated carbocycles. The molecule has 2 fully saturated rings. The first-order valence-electron chi connectivity index (χ1n) is 7.71. The summed E-state index contributed by atoms with van der Waals surface area (Å²) < 4.78 is 5.84. The van der Waals surface area contributed by atoms with E-state index in [-0.39, 0.29) is 5.91 Å². The number of carboxylic acids is 1. The molecule has 3 aliphatic heterocycles. The predicted octanol–water partition coefficient (Wildman–Crippen LogP) is 1.57. The highest BCUT2D eigenvalue weighted by Crippen LogP contribution is 2.51. The summed E-state index contributed by atoms with van der Waals surface area (Å²) in [5.41, 5.74) is 0.323. The van der Waals surface area contributed by atoms with E-state index in [0.717, 1.165) is 5.56 Å². The molecule has 1 amide bonds. The lowest BCUT2D eigenvalue weighted by molar-refractivity contribution is -0.147. The van der Waals surface area contributed by atoms with Crippen LogP contribution >= 0.6 is 0 Å². The standard InChI is InChI=1S/C18H17NO4/c20-16-15-14(17(21)22)13-8-9-18(15,23-13)11-19(16)10-4-7-12-5-2-1-3-6-12/h1-9,13-15H,10-11H2,(H,21,22)/b7-4+/t13-,14+,15-,18+/m0/s1. The summed E-state index contributed by atoms with van der Waals surface area (Å²) in [6.07, 6.45) is 7.08. The fourth-order valence-electron chi connectivity index (χ4n) is 3.89. The number of ether oxygens (including phenoxy) is 1. The fourth-order valence-corrected chi connectivity index (χ4v) is 3.89. The normalized spacial score (nSPS) is 34.5. The van der Waals surface area contributed by atoms with Gasteiger partial charge in [-0.15, -0.1) is 0 Å². The molecule has 5 heteroatoms. The summed E-state index contributed by atoms with van der Waals surface area (Å²) in [4.78, 5) is 25.8. The first-order chi connectivity index (χ1) is 11.1. The Balaban J connectivity index is 1.51. The third-order valence-electron chi connectivity index (χ3n) is 4.90. The quantitative estimate of drug-likeness (QED) is 0.857. The van der Waals surface area contributed by atoms with E-state index in [4.69, 9.17) is 4.74 Å². The number of carboxylic acid groups (broad SMARTS) is 1. The van der Waals surface area contributed by atoms with Gasteiger partial charge in [0.05, 0.1) is 18.6 Å². The van der Waals surface area contributed by atoms with Crippen molar-refractivity contribution in [2.45, 2.75) is 11.7 Å². The Hall–Kier alpha value is -2.40. The van der Waals surface area contributed by atoms with Crippen molar-refractivity contribution in [1.82, 2.24) is 4.90 Å². The van der Waals surface area contributed by atoms with E-state index >= 15 is 0 Å². The van der Waals surface area contributed by atoms with Gasteiger partial charge in [0.2, 0.25) is 5.91 Å². The van der Waals surface area contributed by atoms with Crippen LogP contribution in [0.25, 0.3) is 6.08 Å². The lowest BCUT2D eigenvalue weighted by atomic mass is 9.77. The van der Waals surface area contributed by atoms with Crippen LogP contribution in [-0.2, 0) is 14.3 Å². The van der Waals surface area contributed by atoms with Crippen molar-refractivity contribution in [2.24, 2.45) is 11.8 Å². The van der Waals surface area contributed by atoms with Crippen LogP contribution in [0.3, 0.4) is 0 Å². The number of benzene rings is 1. The molecular formula is C18H17NO4. The second-order valence-electron chi connectivity index (χ2n) is 6.27. The average Bonchev–Trinajstić information content (AvgIpc) is 3.17. The van der Waals surface area contributed by atoms with Gasteiger partial charge in [-0.05, 0) is 5.56 Å². The Morgan fingerprint density at radius 3 is 2.91 bits per heavy atom. The second-order valence-corrected chi connectivity index (χ2v) is 6.27. The molecule has 2 saturated heterocycles. The molecular weight excluding hydrogens is 294 g/mol. The Labute approximate surface area is 133 Å². The van der Waals surface area contributed by atoms with Crippen molar-refractivity contribution in [1.29, 1.82) is 0 Å². The van der Waals surface area contributed by atoms with Gasteiger partial charge in [0.15, 0.2) is 0 Å². The molecule has 4 rings (SSSR count). The number of nitrogens with zero attached hydrogens (tertiary/aromatic N) is 1. The van der Waals surface area contributed by atoms with Crippen molar-refractivity contribution in [3.05, 3.63) is 54.1 Å². The highest BCUT2D eigenvalue weighted by atomic mass is 16.5. The molecule has 0 aromatic heterocycles. The smallest absolute Gasteiger partial charge is 0.310 e. The Morgan fingerprint density at radius 1 is 1.39 bits per heavy atom. The molecule has 2 bridgehead atoms. The average molecular weight is 311 g/mol. The largest absolute Gasteiger partial charge is 0.481 e. The number of hydrogen-bond donors (Lipinski definition) is 1. The summed E-state index contributed by atoms with van der Waals surface area (Å²) in [7, 11) is 0. The SMILES string of the molecule is O=C(O)[C@@H]1[C@@H]2C=C[C@]3(CN(C/C=C/c4ccccc4)C(=O)[C@H]13)O2. The Morgan fingerprint density at radius 2 is 2.17 bits per heavy atom. The number of rotatable bonds is 4. The van der Waals surface area contributed by atoms with Gasteiger partial charge < -0.3 is 14.7 Å². The molecule has 0 aliphatic carbocycles. The number of likely N-dealkylation sites (tertiary alicyclic amines) is 1. The van der Waals surface area contributed by atoms with E-state index < -0.39 is 29.5 Å². The van der Waals surface area contributed by atoms with E-state index in [1.807, 2.05) is 48.6 Å². The summed E-state index contributed by atoms with van der Waals surface area (Å²) in [6, 6.07) is 9.85. The molecule has 3 heterocycles. The molecule has 0 unspecified atom stereocenters. The molecule has 3 aliphatic rings. The first-order valence-corrected chi connectivity index (χ1v) is 7.71. The number of carbonyl (C=O) groups excluding carboxylic acids is 1. The molecule has 1 N–H and O–H groups in total. The first kappa shape index (κ1) is 14.2. The van der Waals surface area contributed by atoms with Crippen LogP contribution in [0.1, 0.15) is 5.56 Å². The van der Waals surface area contributed by atoms with Crippen LogP contribution in [0.5, 0.6) is 0 Å². The molecule has 4 atom stereocenters. The molecule has 118 valence electrons. The van der Waals surface area contributed by atoms with Gasteiger partial charge in [-0.2, -0.15) is 0 Å². The maximum absolute atomic E-state index is 12.6. The highest BCUT2D eigenvalue weighted by molar-refractivity contribution is 5.90. The molecule has 0 radical (unpaired) electrons. The maximum Gasteiger partial charge on any atom is 0.310 e.